The maximum Gasteiger partial charge on any atom is 0.292 e. The predicted molar refractivity (Wildman–Crippen MR) is 122 cm³/mol. The lowest BCUT2D eigenvalue weighted by Gasteiger charge is -2.08. The monoisotopic (exact) mass is 429 g/mol. The summed E-state index contributed by atoms with van der Waals surface area (Å²) >= 11 is 0. The van der Waals surface area contributed by atoms with Crippen LogP contribution in [0.3, 0.4) is 0 Å². The molecule has 162 valence electrons. The molecule has 2 heterocycles. The number of para-hydroxylation sites is 2. The van der Waals surface area contributed by atoms with Crippen molar-refractivity contribution in [3.8, 4) is 11.8 Å². The fraction of sp³-hybridized carbons (Fsp3) is 0.167. The van der Waals surface area contributed by atoms with Crippen LogP contribution in [0.5, 0.6) is 5.75 Å². The third-order valence-electron chi connectivity index (χ3n) is 4.51. The third-order valence-corrected chi connectivity index (χ3v) is 4.51. The van der Waals surface area contributed by atoms with Gasteiger partial charge in [0.05, 0.1) is 18.5 Å². The Hall–Kier alpha value is -4.38. The minimum Gasteiger partial charge on any atom is -0.471 e. The standard InChI is InChI=1S/C22H19N5O.C2H4O2/c1-15-6-8-16(9-7-15)10-12-24-22-25-13-11-18(27-22)17(14-23)21-26-19-4-2-3-5-20(19)28-21;1-4-2-3/h2-9,11,13,26H,10,12H2,1H3,(H,24,25,27);2H,1H3/b21-17-;. The second-order valence-corrected chi connectivity index (χ2v) is 6.80. The number of ether oxygens (including phenoxy) is 2. The zero-order valence-electron chi connectivity index (χ0n) is 17.8. The fourth-order valence-electron chi connectivity index (χ4n) is 2.91. The molecule has 2 aromatic carbocycles. The fourth-order valence-corrected chi connectivity index (χ4v) is 2.91. The molecule has 0 aliphatic carbocycles. The number of allylic oxidation sites excluding steroid dienone is 1. The van der Waals surface area contributed by atoms with Gasteiger partial charge in [0.2, 0.25) is 11.8 Å². The van der Waals surface area contributed by atoms with E-state index in [9.17, 15) is 5.26 Å². The van der Waals surface area contributed by atoms with E-state index >= 15 is 0 Å². The van der Waals surface area contributed by atoms with Crippen molar-refractivity contribution in [2.24, 2.45) is 0 Å². The Morgan fingerprint density at radius 1 is 1.22 bits per heavy atom. The maximum atomic E-state index is 9.65. The molecule has 0 atom stereocenters. The molecule has 0 fully saturated rings. The molecule has 0 radical (unpaired) electrons. The molecule has 0 saturated carbocycles. The Morgan fingerprint density at radius 2 is 1.97 bits per heavy atom. The van der Waals surface area contributed by atoms with Gasteiger partial charge in [-0.25, -0.2) is 9.97 Å². The Bertz CT molecular complexity index is 1110. The second kappa shape index (κ2) is 11.1. The normalized spacial score (nSPS) is 12.7. The zero-order chi connectivity index (χ0) is 22.8. The highest BCUT2D eigenvalue weighted by Gasteiger charge is 2.21. The van der Waals surface area contributed by atoms with E-state index in [2.05, 4.69) is 62.6 Å². The van der Waals surface area contributed by atoms with Gasteiger partial charge in [-0.2, -0.15) is 5.26 Å². The number of methoxy groups -OCH3 is 1. The van der Waals surface area contributed by atoms with Crippen molar-refractivity contribution in [3.63, 3.8) is 0 Å². The molecular formula is C24H23N5O3. The lowest BCUT2D eigenvalue weighted by molar-refractivity contribution is -0.126. The van der Waals surface area contributed by atoms with Gasteiger partial charge < -0.3 is 20.1 Å². The number of carbonyl (C=O) groups is 1. The SMILES string of the molecule is COC=O.Cc1ccc(CCNc2nccc(/C(C#N)=C3/Nc4ccccc4O3)n2)cc1. The largest absolute Gasteiger partial charge is 0.471 e. The van der Waals surface area contributed by atoms with Crippen molar-refractivity contribution < 1.29 is 14.3 Å². The molecule has 2 N–H and O–H groups in total. The number of aromatic nitrogens is 2. The summed E-state index contributed by atoms with van der Waals surface area (Å²) in [7, 11) is 1.31. The Morgan fingerprint density at radius 3 is 2.66 bits per heavy atom. The van der Waals surface area contributed by atoms with Crippen molar-refractivity contribution >= 4 is 23.7 Å². The zero-order valence-corrected chi connectivity index (χ0v) is 17.8. The van der Waals surface area contributed by atoms with Crippen LogP contribution < -0.4 is 15.4 Å². The molecule has 0 amide bonds. The van der Waals surface area contributed by atoms with E-state index in [0.29, 0.717) is 41.9 Å². The number of carbonyl (C=O) groups excluding carboxylic acids is 1. The van der Waals surface area contributed by atoms with Crippen molar-refractivity contribution in [2.45, 2.75) is 13.3 Å². The summed E-state index contributed by atoms with van der Waals surface area (Å²) in [6.07, 6.45) is 2.50. The van der Waals surface area contributed by atoms with Gasteiger partial charge in [-0.3, -0.25) is 4.79 Å². The second-order valence-electron chi connectivity index (χ2n) is 6.80. The number of hydrogen-bond donors (Lipinski definition) is 2. The van der Waals surface area contributed by atoms with Crippen molar-refractivity contribution in [1.29, 1.82) is 5.26 Å². The molecule has 3 aromatic rings. The van der Waals surface area contributed by atoms with Gasteiger partial charge in [0, 0.05) is 12.7 Å². The van der Waals surface area contributed by atoms with Crippen LogP contribution in [0.1, 0.15) is 16.8 Å². The number of nitriles is 1. The van der Waals surface area contributed by atoms with Crippen LogP contribution in [0.15, 0.2) is 66.7 Å². The Labute approximate surface area is 186 Å². The summed E-state index contributed by atoms with van der Waals surface area (Å²) in [6, 6.07) is 19.9. The molecule has 8 heteroatoms. The van der Waals surface area contributed by atoms with Crippen LogP contribution in [0.4, 0.5) is 11.6 Å². The van der Waals surface area contributed by atoms with Gasteiger partial charge >= 0.3 is 0 Å². The molecule has 0 spiro atoms. The maximum absolute atomic E-state index is 9.65. The van der Waals surface area contributed by atoms with Gasteiger partial charge in [0.15, 0.2) is 5.75 Å². The first-order chi connectivity index (χ1) is 15.6. The molecule has 8 nitrogen and oxygen atoms in total. The van der Waals surface area contributed by atoms with Crippen LogP contribution in [0.2, 0.25) is 0 Å². The average molecular weight is 429 g/mol. The Kier molecular flexibility index (Phi) is 7.76. The molecule has 1 aliphatic heterocycles. The van der Waals surface area contributed by atoms with E-state index in [0.717, 1.165) is 12.1 Å². The number of hydrogen-bond acceptors (Lipinski definition) is 8. The summed E-state index contributed by atoms with van der Waals surface area (Å²) in [5, 5.41) is 16.0. The van der Waals surface area contributed by atoms with Crippen LogP contribution in [-0.4, -0.2) is 30.1 Å². The van der Waals surface area contributed by atoms with Gasteiger partial charge in [-0.15, -0.1) is 0 Å². The lowest BCUT2D eigenvalue weighted by Crippen LogP contribution is -2.09. The van der Waals surface area contributed by atoms with Crippen molar-refractivity contribution in [3.05, 3.63) is 83.5 Å². The molecule has 0 bridgehead atoms. The molecule has 0 saturated heterocycles. The molecule has 4 rings (SSSR count). The molecule has 0 unspecified atom stereocenters. The number of nitrogens with zero attached hydrogens (tertiary/aromatic N) is 3. The predicted octanol–water partition coefficient (Wildman–Crippen LogP) is 3.93. The van der Waals surface area contributed by atoms with E-state index in [1.807, 2.05) is 24.3 Å². The third kappa shape index (κ3) is 5.83. The number of nitrogens with one attached hydrogen (secondary N) is 2. The first-order valence-corrected chi connectivity index (χ1v) is 9.92. The topological polar surface area (TPSA) is 109 Å². The lowest BCUT2D eigenvalue weighted by atomic mass is 10.1. The first kappa shape index (κ1) is 22.3. The highest BCUT2D eigenvalue weighted by Crippen LogP contribution is 2.35. The van der Waals surface area contributed by atoms with Crippen molar-refractivity contribution in [2.75, 3.05) is 24.3 Å². The van der Waals surface area contributed by atoms with Crippen LogP contribution in [0.25, 0.3) is 5.57 Å². The molecule has 32 heavy (non-hydrogen) atoms. The van der Waals surface area contributed by atoms with E-state index < -0.39 is 0 Å². The summed E-state index contributed by atoms with van der Waals surface area (Å²) in [5.41, 5.74) is 4.16. The van der Waals surface area contributed by atoms with Gasteiger partial charge in [-0.05, 0) is 37.1 Å². The summed E-state index contributed by atoms with van der Waals surface area (Å²) < 4.78 is 9.63. The highest BCUT2D eigenvalue weighted by molar-refractivity contribution is 5.81. The smallest absolute Gasteiger partial charge is 0.292 e. The summed E-state index contributed by atoms with van der Waals surface area (Å²) in [6.45, 7) is 3.15. The van der Waals surface area contributed by atoms with Crippen LogP contribution in [0, 0.1) is 18.3 Å². The van der Waals surface area contributed by atoms with E-state index in [4.69, 9.17) is 9.53 Å². The highest BCUT2D eigenvalue weighted by atomic mass is 16.5. The van der Waals surface area contributed by atoms with Gasteiger partial charge in [-0.1, -0.05) is 42.0 Å². The van der Waals surface area contributed by atoms with Crippen LogP contribution >= 0.6 is 0 Å². The number of anilines is 2. The van der Waals surface area contributed by atoms with E-state index in [-0.39, 0.29) is 0 Å². The number of aryl methyl sites for hydroxylation is 1. The van der Waals surface area contributed by atoms with E-state index in [1.165, 1.54) is 18.2 Å². The quantitative estimate of drug-likeness (QED) is 0.448. The minimum absolute atomic E-state index is 0.334. The molecular weight excluding hydrogens is 406 g/mol. The number of fused-ring (bicyclic) bond motifs is 1. The average Bonchev–Trinajstić information content (AvgIpc) is 3.25. The van der Waals surface area contributed by atoms with Gasteiger partial charge in [0.25, 0.3) is 6.47 Å². The summed E-state index contributed by atoms with van der Waals surface area (Å²) in [5.74, 6) is 1.55. The van der Waals surface area contributed by atoms with Crippen LogP contribution in [-0.2, 0) is 16.0 Å². The molecule has 1 aromatic heterocycles. The van der Waals surface area contributed by atoms with Crippen molar-refractivity contribution in [1.82, 2.24) is 9.97 Å². The summed E-state index contributed by atoms with van der Waals surface area (Å²) in [4.78, 5) is 17.7. The first-order valence-electron chi connectivity index (χ1n) is 9.92. The number of benzene rings is 2. The minimum atomic E-state index is 0.334. The van der Waals surface area contributed by atoms with E-state index in [1.54, 1.807) is 12.3 Å². The number of rotatable bonds is 6. The Balaban J connectivity index is 0.000000668. The van der Waals surface area contributed by atoms with Gasteiger partial charge in [0.1, 0.15) is 11.6 Å². The molecule has 1 aliphatic rings.